The van der Waals surface area contributed by atoms with Gasteiger partial charge in [-0.05, 0) is 86.9 Å². The second-order valence-electron chi connectivity index (χ2n) is 8.00. The Balaban J connectivity index is 1.70. The number of anilines is 1. The molecule has 2 heterocycles. The molecule has 0 aliphatic carbocycles. The van der Waals surface area contributed by atoms with Gasteiger partial charge in [0.1, 0.15) is 0 Å². The number of aromatic nitrogens is 1. The van der Waals surface area contributed by atoms with E-state index in [4.69, 9.17) is 12.2 Å². The Kier molecular flexibility index (Phi) is 6.01. The number of rotatable bonds is 3. The number of carbonyl (C=O) groups excluding carboxylic acids is 1. The molecule has 0 unspecified atom stereocenters. The van der Waals surface area contributed by atoms with Crippen LogP contribution in [0, 0.1) is 27.7 Å². The van der Waals surface area contributed by atoms with Crippen molar-refractivity contribution in [2.45, 2.75) is 33.9 Å². The van der Waals surface area contributed by atoms with E-state index in [0.29, 0.717) is 14.9 Å². The summed E-state index contributed by atoms with van der Waals surface area (Å²) in [5.41, 5.74) is 4.89. The summed E-state index contributed by atoms with van der Waals surface area (Å²) in [4.78, 5) is 15.2. The summed E-state index contributed by atoms with van der Waals surface area (Å²) in [7, 11) is 0. The molecule has 4 rings (SSSR count). The van der Waals surface area contributed by atoms with Crippen LogP contribution in [0.3, 0.4) is 0 Å². The van der Waals surface area contributed by atoms with Crippen LogP contribution in [-0.2, 0) is 11.0 Å². The summed E-state index contributed by atoms with van der Waals surface area (Å²) in [6, 6.07) is 12.8. The van der Waals surface area contributed by atoms with Gasteiger partial charge in [0, 0.05) is 17.1 Å². The molecule has 170 valence electrons. The number of halogens is 3. The maximum absolute atomic E-state index is 13.2. The smallest absolute Gasteiger partial charge is 0.318 e. The van der Waals surface area contributed by atoms with Gasteiger partial charge in [0.2, 0.25) is 0 Å². The van der Waals surface area contributed by atoms with Crippen LogP contribution in [-0.4, -0.2) is 14.8 Å². The van der Waals surface area contributed by atoms with E-state index in [1.54, 1.807) is 16.7 Å². The lowest BCUT2D eigenvalue weighted by Crippen LogP contribution is -2.27. The van der Waals surface area contributed by atoms with Gasteiger partial charge in [-0.25, -0.2) is 0 Å². The highest BCUT2D eigenvalue weighted by atomic mass is 32.2. The van der Waals surface area contributed by atoms with Crippen LogP contribution in [0.4, 0.5) is 18.9 Å². The highest BCUT2D eigenvalue weighted by Crippen LogP contribution is 2.38. The van der Waals surface area contributed by atoms with Crippen molar-refractivity contribution in [2.24, 2.45) is 0 Å². The van der Waals surface area contributed by atoms with Gasteiger partial charge in [0.15, 0.2) is 4.32 Å². The quantitative estimate of drug-likeness (QED) is 0.291. The Morgan fingerprint density at radius 2 is 1.67 bits per heavy atom. The molecule has 1 aromatic heterocycles. The third kappa shape index (κ3) is 4.37. The molecule has 1 amide bonds. The lowest BCUT2D eigenvalue weighted by Gasteiger charge is -2.16. The van der Waals surface area contributed by atoms with Crippen LogP contribution in [0.5, 0.6) is 0 Å². The molecule has 1 aliphatic rings. The fraction of sp³-hybridized carbons (Fsp3) is 0.200. The Hall–Kier alpha value is -2.84. The molecule has 1 saturated heterocycles. The van der Waals surface area contributed by atoms with E-state index in [0.717, 1.165) is 45.9 Å². The highest BCUT2D eigenvalue weighted by Gasteiger charge is 2.34. The minimum Gasteiger partial charge on any atom is -0.318 e. The molecule has 1 fully saturated rings. The van der Waals surface area contributed by atoms with Gasteiger partial charge in [-0.1, -0.05) is 36.1 Å². The molecule has 0 bridgehead atoms. The van der Waals surface area contributed by atoms with Crippen molar-refractivity contribution in [1.29, 1.82) is 0 Å². The van der Waals surface area contributed by atoms with E-state index in [9.17, 15) is 18.0 Å². The summed E-state index contributed by atoms with van der Waals surface area (Å²) >= 11 is 6.69. The number of hydrogen-bond donors (Lipinski definition) is 0. The molecule has 1 aliphatic heterocycles. The van der Waals surface area contributed by atoms with Crippen molar-refractivity contribution >= 4 is 46.0 Å². The molecule has 2 aromatic carbocycles. The second kappa shape index (κ2) is 8.50. The first-order valence-electron chi connectivity index (χ1n) is 10.2. The van der Waals surface area contributed by atoms with Crippen LogP contribution in [0.2, 0.25) is 0 Å². The number of hydrogen-bond acceptors (Lipinski definition) is 3. The standard InChI is InChI=1S/C25H21F3N2OS2/c1-14-8-9-21(10-15(14)2)30-23(31)22(33-24(30)32)12-18-11-16(3)29(17(18)4)20-7-5-6-19(13-20)25(26,27)28/h5-13H,1-4H3/b22-12-. The van der Waals surface area contributed by atoms with Gasteiger partial charge >= 0.3 is 6.18 Å². The minimum atomic E-state index is -4.42. The average molecular weight is 487 g/mol. The first kappa shape index (κ1) is 23.3. The lowest BCUT2D eigenvalue weighted by molar-refractivity contribution is -0.137. The predicted octanol–water partition coefficient (Wildman–Crippen LogP) is 7.14. The van der Waals surface area contributed by atoms with Crippen molar-refractivity contribution in [2.75, 3.05) is 4.90 Å². The second-order valence-corrected chi connectivity index (χ2v) is 9.67. The number of nitrogens with zero attached hydrogens (tertiary/aromatic N) is 2. The monoisotopic (exact) mass is 486 g/mol. The van der Waals surface area contributed by atoms with Crippen LogP contribution in [0.25, 0.3) is 11.8 Å². The maximum Gasteiger partial charge on any atom is 0.416 e. The van der Waals surface area contributed by atoms with Gasteiger partial charge in [-0.15, -0.1) is 0 Å². The van der Waals surface area contributed by atoms with Crippen molar-refractivity contribution in [3.05, 3.63) is 87.1 Å². The van der Waals surface area contributed by atoms with Crippen molar-refractivity contribution in [1.82, 2.24) is 4.57 Å². The molecule has 0 atom stereocenters. The topological polar surface area (TPSA) is 25.2 Å². The number of aryl methyl sites for hydroxylation is 3. The summed E-state index contributed by atoms with van der Waals surface area (Å²) in [6.07, 6.45) is -2.66. The molecule has 33 heavy (non-hydrogen) atoms. The first-order valence-corrected chi connectivity index (χ1v) is 11.4. The molecular formula is C25H21F3N2OS2. The minimum absolute atomic E-state index is 0.211. The summed E-state index contributed by atoms with van der Waals surface area (Å²) in [5, 5.41) is 0. The van der Waals surface area contributed by atoms with E-state index < -0.39 is 11.7 Å². The average Bonchev–Trinajstić information content (AvgIpc) is 3.18. The van der Waals surface area contributed by atoms with Gasteiger partial charge in [-0.2, -0.15) is 13.2 Å². The molecular weight excluding hydrogens is 465 g/mol. The Morgan fingerprint density at radius 3 is 2.33 bits per heavy atom. The molecule has 3 aromatic rings. The van der Waals surface area contributed by atoms with Gasteiger partial charge < -0.3 is 4.57 Å². The SMILES string of the molecule is Cc1ccc(N2C(=O)/C(=C/c3cc(C)n(-c4cccc(C(F)(F)F)c4)c3C)SC2=S)cc1C. The van der Waals surface area contributed by atoms with Crippen LogP contribution < -0.4 is 4.90 Å². The number of benzene rings is 2. The van der Waals surface area contributed by atoms with E-state index in [1.807, 2.05) is 52.0 Å². The first-order chi connectivity index (χ1) is 15.5. The Bertz CT molecular complexity index is 1320. The Morgan fingerprint density at radius 1 is 0.939 bits per heavy atom. The number of thiocarbonyl (C=S) groups is 1. The van der Waals surface area contributed by atoms with Gasteiger partial charge in [0.25, 0.3) is 5.91 Å². The third-order valence-electron chi connectivity index (χ3n) is 5.73. The molecule has 8 heteroatoms. The summed E-state index contributed by atoms with van der Waals surface area (Å²) in [6.45, 7) is 7.63. The number of carbonyl (C=O) groups is 1. The van der Waals surface area contributed by atoms with Gasteiger partial charge in [0.05, 0.1) is 16.2 Å². The molecule has 0 spiro atoms. The van der Waals surface area contributed by atoms with Gasteiger partial charge in [-0.3, -0.25) is 9.69 Å². The van der Waals surface area contributed by atoms with Crippen molar-refractivity contribution < 1.29 is 18.0 Å². The zero-order chi connectivity index (χ0) is 24.1. The zero-order valence-corrected chi connectivity index (χ0v) is 20.1. The molecule has 0 saturated carbocycles. The highest BCUT2D eigenvalue weighted by molar-refractivity contribution is 8.27. The van der Waals surface area contributed by atoms with Crippen molar-refractivity contribution in [3.63, 3.8) is 0 Å². The fourth-order valence-electron chi connectivity index (χ4n) is 3.85. The summed E-state index contributed by atoms with van der Waals surface area (Å²) in [5.74, 6) is -0.211. The zero-order valence-electron chi connectivity index (χ0n) is 18.4. The van der Waals surface area contributed by atoms with E-state index >= 15 is 0 Å². The van der Waals surface area contributed by atoms with Crippen LogP contribution in [0.1, 0.15) is 33.6 Å². The number of alkyl halides is 3. The van der Waals surface area contributed by atoms with E-state index in [2.05, 4.69) is 0 Å². The van der Waals surface area contributed by atoms with E-state index in [-0.39, 0.29) is 5.91 Å². The largest absolute Gasteiger partial charge is 0.416 e. The molecule has 0 N–H and O–H groups in total. The normalized spacial score (nSPS) is 15.7. The number of thioether (sulfide) groups is 1. The predicted molar refractivity (Wildman–Crippen MR) is 132 cm³/mol. The fourth-order valence-corrected chi connectivity index (χ4v) is 5.14. The van der Waals surface area contributed by atoms with Crippen LogP contribution in [0.15, 0.2) is 53.4 Å². The lowest BCUT2D eigenvalue weighted by atomic mass is 10.1. The molecule has 3 nitrogen and oxygen atoms in total. The van der Waals surface area contributed by atoms with Crippen molar-refractivity contribution in [3.8, 4) is 5.69 Å². The summed E-state index contributed by atoms with van der Waals surface area (Å²) < 4.78 is 41.8. The number of amides is 1. The van der Waals surface area contributed by atoms with E-state index in [1.165, 1.54) is 22.7 Å². The third-order valence-corrected chi connectivity index (χ3v) is 7.03. The maximum atomic E-state index is 13.2. The molecule has 0 radical (unpaired) electrons. The Labute approximate surface area is 199 Å². The van der Waals surface area contributed by atoms with Crippen LogP contribution >= 0.6 is 24.0 Å².